The zero-order valence-electron chi connectivity index (χ0n) is 10.0. The minimum atomic E-state index is -4.12. The minimum Gasteiger partial charge on any atom is -0.365 e. The number of nitrogens with zero attached hydrogens (tertiary/aromatic N) is 3. The van der Waals surface area contributed by atoms with Crippen molar-refractivity contribution in [3.8, 4) is 0 Å². The fraction of sp³-hybridized carbons (Fsp3) is 0.636. The summed E-state index contributed by atoms with van der Waals surface area (Å²) in [6.45, 7) is 1.94. The number of rotatable bonds is 4. The number of aromatic nitrogens is 2. The summed E-state index contributed by atoms with van der Waals surface area (Å²) >= 11 is 0. The van der Waals surface area contributed by atoms with Crippen molar-refractivity contribution >= 4 is 5.82 Å². The zero-order chi connectivity index (χ0) is 13.2. The third-order valence-corrected chi connectivity index (χ3v) is 2.80. The van der Waals surface area contributed by atoms with E-state index in [1.165, 1.54) is 11.2 Å². The molecule has 0 atom stereocenters. The molecule has 1 aliphatic heterocycles. The number of alkyl halides is 3. The summed E-state index contributed by atoms with van der Waals surface area (Å²) in [6.07, 6.45) is -1.84. The second-order valence-corrected chi connectivity index (χ2v) is 4.40. The molecule has 0 saturated carbocycles. The standard InChI is InChI=1S/C11H15F3N4/c1-2-8-3-10(16-7-15-8)17-9-4-18(5-9)6-11(12,13)14/h3,7,9H,2,4-6H2,1H3,(H,15,16,17). The second kappa shape index (κ2) is 5.09. The first-order valence-corrected chi connectivity index (χ1v) is 5.83. The monoisotopic (exact) mass is 260 g/mol. The molecular weight excluding hydrogens is 245 g/mol. The molecule has 2 heterocycles. The largest absolute Gasteiger partial charge is 0.401 e. The molecule has 1 saturated heterocycles. The predicted octanol–water partition coefficient (Wildman–Crippen LogP) is 1.70. The highest BCUT2D eigenvalue weighted by molar-refractivity contribution is 5.37. The SMILES string of the molecule is CCc1cc(NC2CN(CC(F)(F)F)C2)ncn1. The van der Waals surface area contributed by atoms with Crippen molar-refractivity contribution in [1.82, 2.24) is 14.9 Å². The van der Waals surface area contributed by atoms with Gasteiger partial charge in [-0.25, -0.2) is 9.97 Å². The summed E-state index contributed by atoms with van der Waals surface area (Å²) in [4.78, 5) is 9.47. The first kappa shape index (κ1) is 13.1. The van der Waals surface area contributed by atoms with E-state index in [0.717, 1.165) is 12.1 Å². The lowest BCUT2D eigenvalue weighted by Gasteiger charge is -2.40. The topological polar surface area (TPSA) is 41.0 Å². The first-order valence-electron chi connectivity index (χ1n) is 5.83. The van der Waals surface area contributed by atoms with E-state index in [9.17, 15) is 13.2 Å². The maximum atomic E-state index is 12.1. The molecular formula is C11H15F3N4. The highest BCUT2D eigenvalue weighted by Gasteiger charge is 2.37. The molecule has 0 amide bonds. The van der Waals surface area contributed by atoms with E-state index in [1.54, 1.807) is 0 Å². The Hall–Kier alpha value is -1.37. The third-order valence-electron chi connectivity index (χ3n) is 2.80. The van der Waals surface area contributed by atoms with Gasteiger partial charge in [0.2, 0.25) is 0 Å². The van der Waals surface area contributed by atoms with Gasteiger partial charge in [-0.2, -0.15) is 13.2 Å². The summed E-state index contributed by atoms with van der Waals surface area (Å²) in [6, 6.07) is 1.86. The lowest BCUT2D eigenvalue weighted by atomic mass is 10.1. The molecule has 18 heavy (non-hydrogen) atoms. The van der Waals surface area contributed by atoms with Crippen molar-refractivity contribution in [3.63, 3.8) is 0 Å². The number of hydrogen-bond acceptors (Lipinski definition) is 4. The Labute approximate surface area is 103 Å². The van der Waals surface area contributed by atoms with Crippen molar-refractivity contribution in [1.29, 1.82) is 0 Å². The smallest absolute Gasteiger partial charge is 0.365 e. The average Bonchev–Trinajstić information content (AvgIpc) is 2.25. The van der Waals surface area contributed by atoms with Gasteiger partial charge < -0.3 is 5.32 Å². The van der Waals surface area contributed by atoms with Crippen LogP contribution in [0.25, 0.3) is 0 Å². The van der Waals surface area contributed by atoms with Gasteiger partial charge in [-0.1, -0.05) is 6.92 Å². The lowest BCUT2D eigenvalue weighted by Crippen LogP contribution is -2.57. The van der Waals surface area contributed by atoms with Gasteiger partial charge in [0, 0.05) is 24.8 Å². The Kier molecular flexibility index (Phi) is 3.70. The Balaban J connectivity index is 1.79. The van der Waals surface area contributed by atoms with Crippen molar-refractivity contribution < 1.29 is 13.2 Å². The number of halogens is 3. The molecule has 0 unspecified atom stereocenters. The van der Waals surface area contributed by atoms with Gasteiger partial charge in [0.05, 0.1) is 12.6 Å². The van der Waals surface area contributed by atoms with E-state index in [2.05, 4.69) is 15.3 Å². The van der Waals surface area contributed by atoms with Gasteiger partial charge in [0.1, 0.15) is 12.1 Å². The summed E-state index contributed by atoms with van der Waals surface area (Å²) < 4.78 is 36.3. The number of nitrogens with one attached hydrogen (secondary N) is 1. The van der Waals surface area contributed by atoms with Gasteiger partial charge in [0.15, 0.2) is 0 Å². The van der Waals surface area contributed by atoms with Gasteiger partial charge >= 0.3 is 6.18 Å². The molecule has 0 spiro atoms. The molecule has 1 N–H and O–H groups in total. The number of aryl methyl sites for hydroxylation is 1. The van der Waals surface area contributed by atoms with Crippen LogP contribution in [0.1, 0.15) is 12.6 Å². The van der Waals surface area contributed by atoms with Crippen molar-refractivity contribution in [2.24, 2.45) is 0 Å². The summed E-state index contributed by atoms with van der Waals surface area (Å²) in [7, 11) is 0. The van der Waals surface area contributed by atoms with Crippen molar-refractivity contribution in [3.05, 3.63) is 18.1 Å². The van der Waals surface area contributed by atoms with E-state index in [4.69, 9.17) is 0 Å². The fourth-order valence-electron chi connectivity index (χ4n) is 1.92. The molecule has 2 rings (SSSR count). The summed E-state index contributed by atoms with van der Waals surface area (Å²) in [5, 5.41) is 3.11. The van der Waals surface area contributed by atoms with Gasteiger partial charge in [-0.3, -0.25) is 4.90 Å². The van der Waals surface area contributed by atoms with Crippen LogP contribution in [-0.2, 0) is 6.42 Å². The van der Waals surface area contributed by atoms with E-state index in [-0.39, 0.29) is 6.04 Å². The highest BCUT2D eigenvalue weighted by atomic mass is 19.4. The number of likely N-dealkylation sites (tertiary alicyclic amines) is 1. The zero-order valence-corrected chi connectivity index (χ0v) is 10.0. The Bertz CT molecular complexity index is 402. The number of hydrogen-bond donors (Lipinski definition) is 1. The number of anilines is 1. The van der Waals surface area contributed by atoms with Gasteiger partial charge in [-0.15, -0.1) is 0 Å². The Morgan fingerprint density at radius 1 is 1.39 bits per heavy atom. The maximum Gasteiger partial charge on any atom is 0.401 e. The molecule has 0 aromatic carbocycles. The normalized spacial score (nSPS) is 17.6. The molecule has 0 bridgehead atoms. The molecule has 1 aliphatic rings. The Morgan fingerprint density at radius 3 is 2.72 bits per heavy atom. The predicted molar refractivity (Wildman–Crippen MR) is 61.3 cm³/mol. The summed E-state index contributed by atoms with van der Waals surface area (Å²) in [5.41, 5.74) is 0.916. The molecule has 100 valence electrons. The van der Waals surface area contributed by atoms with Gasteiger partial charge in [-0.05, 0) is 6.42 Å². The van der Waals surface area contributed by atoms with Crippen LogP contribution in [0.3, 0.4) is 0 Å². The molecule has 4 nitrogen and oxygen atoms in total. The van der Waals surface area contributed by atoms with Crippen LogP contribution in [0.5, 0.6) is 0 Å². The molecule has 7 heteroatoms. The summed E-state index contributed by atoms with van der Waals surface area (Å²) in [5.74, 6) is 0.679. The third kappa shape index (κ3) is 3.56. The van der Waals surface area contributed by atoms with Crippen LogP contribution >= 0.6 is 0 Å². The van der Waals surface area contributed by atoms with Crippen LogP contribution in [0.4, 0.5) is 19.0 Å². The van der Waals surface area contributed by atoms with E-state index in [1.807, 2.05) is 13.0 Å². The molecule has 1 fully saturated rings. The van der Waals surface area contributed by atoms with Crippen LogP contribution in [-0.4, -0.2) is 46.7 Å². The molecule has 0 aliphatic carbocycles. The van der Waals surface area contributed by atoms with Crippen LogP contribution in [0, 0.1) is 0 Å². The van der Waals surface area contributed by atoms with E-state index < -0.39 is 12.7 Å². The van der Waals surface area contributed by atoms with Crippen molar-refractivity contribution in [2.45, 2.75) is 25.6 Å². The van der Waals surface area contributed by atoms with Gasteiger partial charge in [0.25, 0.3) is 0 Å². The van der Waals surface area contributed by atoms with Crippen molar-refractivity contribution in [2.75, 3.05) is 25.0 Å². The molecule has 1 aromatic rings. The molecule has 0 radical (unpaired) electrons. The van der Waals surface area contributed by atoms with E-state index >= 15 is 0 Å². The minimum absolute atomic E-state index is 0.0342. The second-order valence-electron chi connectivity index (χ2n) is 4.40. The van der Waals surface area contributed by atoms with Crippen LogP contribution in [0.2, 0.25) is 0 Å². The molecule has 1 aromatic heterocycles. The highest BCUT2D eigenvalue weighted by Crippen LogP contribution is 2.21. The van der Waals surface area contributed by atoms with E-state index in [0.29, 0.717) is 18.9 Å². The average molecular weight is 260 g/mol. The van der Waals surface area contributed by atoms with Crippen LogP contribution in [0.15, 0.2) is 12.4 Å². The Morgan fingerprint density at radius 2 is 2.11 bits per heavy atom. The lowest BCUT2D eigenvalue weighted by molar-refractivity contribution is -0.153. The van der Waals surface area contributed by atoms with Crippen LogP contribution < -0.4 is 5.32 Å². The quantitative estimate of drug-likeness (QED) is 0.894. The first-order chi connectivity index (χ1) is 8.46. The maximum absolute atomic E-state index is 12.1. The fourth-order valence-corrected chi connectivity index (χ4v) is 1.92.